The topological polar surface area (TPSA) is 138 Å². The zero-order chi connectivity index (χ0) is 24.6. The number of carbonyl (C=O) groups is 2. The van der Waals surface area contributed by atoms with E-state index in [4.69, 9.17) is 14.2 Å². The molecule has 34 heavy (non-hydrogen) atoms. The van der Waals surface area contributed by atoms with Crippen LogP contribution in [0.1, 0.15) is 49.9 Å². The Kier molecular flexibility index (Phi) is 6.65. The van der Waals surface area contributed by atoms with Crippen LogP contribution in [0.15, 0.2) is 6.07 Å². The molecule has 4 rings (SSSR count). The van der Waals surface area contributed by atoms with Crippen molar-refractivity contribution in [2.24, 2.45) is 0 Å². The van der Waals surface area contributed by atoms with E-state index in [0.717, 1.165) is 26.2 Å². The molecule has 0 amide bonds. The van der Waals surface area contributed by atoms with Crippen LogP contribution < -0.4 is 14.8 Å². The van der Waals surface area contributed by atoms with Crippen molar-refractivity contribution in [3.63, 3.8) is 0 Å². The van der Waals surface area contributed by atoms with E-state index in [0.29, 0.717) is 24.3 Å². The number of ether oxygens (including phenoxy) is 3. The summed E-state index contributed by atoms with van der Waals surface area (Å²) in [6.07, 6.45) is 0. The molecule has 2 heterocycles. The number of nitrogens with zero attached hydrogens (tertiary/aromatic N) is 1. The number of hydrogen-bond donors (Lipinski definition) is 4. The lowest BCUT2D eigenvalue weighted by molar-refractivity contribution is 0.0691. The molecule has 0 aliphatic carbocycles. The van der Waals surface area contributed by atoms with Crippen molar-refractivity contribution in [2.75, 3.05) is 32.8 Å². The van der Waals surface area contributed by atoms with E-state index in [-0.39, 0.29) is 51.9 Å². The van der Waals surface area contributed by atoms with E-state index < -0.39 is 17.7 Å². The molecule has 10 nitrogen and oxygen atoms in total. The number of nitrogens with one attached hydrogen (secondary N) is 1. The average molecular weight is 472 g/mol. The molecule has 0 unspecified atom stereocenters. The number of carbonyl (C=O) groups excluding carboxylic acids is 1. The number of esters is 1. The van der Waals surface area contributed by atoms with Crippen molar-refractivity contribution >= 4 is 11.9 Å². The first kappa shape index (κ1) is 23.8. The summed E-state index contributed by atoms with van der Waals surface area (Å²) < 4.78 is 17.3. The van der Waals surface area contributed by atoms with Crippen LogP contribution in [0.5, 0.6) is 28.7 Å². The van der Waals surface area contributed by atoms with Crippen molar-refractivity contribution < 1.29 is 39.1 Å². The molecule has 1 fully saturated rings. The molecule has 0 radical (unpaired) electrons. The van der Waals surface area contributed by atoms with Gasteiger partial charge in [-0.1, -0.05) is 0 Å². The average Bonchev–Trinajstić information content (AvgIpc) is 2.94. The van der Waals surface area contributed by atoms with Crippen LogP contribution in [0.3, 0.4) is 0 Å². The number of aryl methyl sites for hydroxylation is 1. The molecule has 2 aromatic carbocycles. The molecule has 0 saturated carbocycles. The SMILES string of the molecule is CCOCc1c(O)c(C(=O)O)c(C)c2c1OC(=O)c1c(C)cc(O)c(CN3CCNCC3)c1O2. The van der Waals surface area contributed by atoms with Gasteiger partial charge in [0.1, 0.15) is 22.6 Å². The highest BCUT2D eigenvalue weighted by molar-refractivity contribution is 6.00. The molecule has 1 saturated heterocycles. The Morgan fingerprint density at radius 2 is 1.82 bits per heavy atom. The van der Waals surface area contributed by atoms with Gasteiger partial charge in [-0.25, -0.2) is 9.59 Å². The fourth-order valence-electron chi connectivity index (χ4n) is 4.36. The van der Waals surface area contributed by atoms with Gasteiger partial charge in [-0.3, -0.25) is 4.90 Å². The van der Waals surface area contributed by atoms with Crippen LogP contribution in [0, 0.1) is 13.8 Å². The number of hydrogen-bond acceptors (Lipinski definition) is 9. The normalized spacial score (nSPS) is 15.7. The third-order valence-corrected chi connectivity index (χ3v) is 6.14. The van der Waals surface area contributed by atoms with Crippen LogP contribution in [-0.4, -0.2) is 64.9 Å². The first-order valence-corrected chi connectivity index (χ1v) is 11.1. The highest BCUT2D eigenvalue weighted by Gasteiger charge is 2.35. The van der Waals surface area contributed by atoms with Gasteiger partial charge in [-0.15, -0.1) is 0 Å². The second-order valence-electron chi connectivity index (χ2n) is 8.34. The molecule has 182 valence electrons. The first-order valence-electron chi connectivity index (χ1n) is 11.1. The number of carboxylic acids is 1. The molecule has 0 atom stereocenters. The second-order valence-corrected chi connectivity index (χ2v) is 8.34. The predicted octanol–water partition coefficient (Wildman–Crippen LogP) is 2.68. The standard InChI is InChI=1S/C24H28N2O8/c1-4-32-11-15-19(28)18(23(29)30)13(3)20-22(15)34-24(31)17-12(2)9-16(27)14(21(17)33-20)10-26-7-5-25-6-8-26/h9,25,27-28H,4-8,10-11H2,1-3H3,(H,29,30). The van der Waals surface area contributed by atoms with Gasteiger partial charge >= 0.3 is 11.9 Å². The van der Waals surface area contributed by atoms with Crippen LogP contribution in [0.25, 0.3) is 0 Å². The molecule has 0 bridgehead atoms. The summed E-state index contributed by atoms with van der Waals surface area (Å²) in [5, 5.41) is 34.6. The lowest BCUT2D eigenvalue weighted by Crippen LogP contribution is -2.43. The number of phenolic OH excluding ortho intramolecular Hbond substituents is 1. The van der Waals surface area contributed by atoms with E-state index >= 15 is 0 Å². The van der Waals surface area contributed by atoms with E-state index in [1.165, 1.54) is 13.0 Å². The highest BCUT2D eigenvalue weighted by atomic mass is 16.6. The molecular formula is C24H28N2O8. The number of benzene rings is 2. The van der Waals surface area contributed by atoms with Crippen molar-refractivity contribution in [1.82, 2.24) is 10.2 Å². The van der Waals surface area contributed by atoms with Crippen LogP contribution in [-0.2, 0) is 17.9 Å². The maximum Gasteiger partial charge on any atom is 0.347 e. The summed E-state index contributed by atoms with van der Waals surface area (Å²) in [6.45, 7) is 8.39. The molecule has 4 N–H and O–H groups in total. The van der Waals surface area contributed by atoms with Gasteiger partial charge in [0.05, 0.1) is 17.7 Å². The van der Waals surface area contributed by atoms with Crippen LogP contribution >= 0.6 is 0 Å². The van der Waals surface area contributed by atoms with E-state index in [2.05, 4.69) is 10.2 Å². The predicted molar refractivity (Wildman–Crippen MR) is 121 cm³/mol. The van der Waals surface area contributed by atoms with Gasteiger partial charge in [0.15, 0.2) is 17.2 Å². The number of fused-ring (bicyclic) bond motifs is 2. The minimum Gasteiger partial charge on any atom is -0.507 e. The van der Waals surface area contributed by atoms with Crippen molar-refractivity contribution in [1.29, 1.82) is 0 Å². The quantitative estimate of drug-likeness (QED) is 0.367. The molecule has 2 aliphatic rings. The Morgan fingerprint density at radius 3 is 2.47 bits per heavy atom. The molecule has 2 aliphatic heterocycles. The molecular weight excluding hydrogens is 444 g/mol. The number of aromatic hydroxyl groups is 2. The number of piperazine rings is 1. The monoisotopic (exact) mass is 472 g/mol. The largest absolute Gasteiger partial charge is 0.507 e. The summed E-state index contributed by atoms with van der Waals surface area (Å²) in [4.78, 5) is 27.4. The summed E-state index contributed by atoms with van der Waals surface area (Å²) in [5.74, 6) is -2.65. The molecule has 2 aromatic rings. The second kappa shape index (κ2) is 9.49. The van der Waals surface area contributed by atoms with E-state index in [1.54, 1.807) is 13.8 Å². The fraction of sp³-hybridized carbons (Fsp3) is 0.417. The van der Waals surface area contributed by atoms with Crippen LogP contribution in [0.4, 0.5) is 0 Å². The van der Waals surface area contributed by atoms with Gasteiger partial charge in [0.25, 0.3) is 0 Å². The van der Waals surface area contributed by atoms with Crippen molar-refractivity contribution in [3.8, 4) is 28.7 Å². The molecule has 0 aromatic heterocycles. The van der Waals surface area contributed by atoms with Crippen molar-refractivity contribution in [3.05, 3.63) is 39.4 Å². The third-order valence-electron chi connectivity index (χ3n) is 6.14. The smallest absolute Gasteiger partial charge is 0.347 e. The maximum absolute atomic E-state index is 13.3. The number of carboxylic acid groups (broad SMARTS) is 1. The van der Waals surface area contributed by atoms with Gasteiger partial charge in [0.2, 0.25) is 0 Å². The number of phenols is 2. The Balaban J connectivity index is 1.93. The lowest BCUT2D eigenvalue weighted by atomic mass is 10.00. The summed E-state index contributed by atoms with van der Waals surface area (Å²) in [6, 6.07) is 1.49. The van der Waals surface area contributed by atoms with E-state index in [1.807, 2.05) is 0 Å². The maximum atomic E-state index is 13.3. The van der Waals surface area contributed by atoms with E-state index in [9.17, 15) is 24.9 Å². The van der Waals surface area contributed by atoms with Crippen LogP contribution in [0.2, 0.25) is 0 Å². The molecule has 0 spiro atoms. The summed E-state index contributed by atoms with van der Waals surface area (Å²) in [7, 11) is 0. The Hall–Kier alpha value is -3.34. The number of rotatable bonds is 6. The zero-order valence-corrected chi connectivity index (χ0v) is 19.4. The minimum absolute atomic E-state index is 0.00605. The van der Waals surface area contributed by atoms with Crippen molar-refractivity contribution in [2.45, 2.75) is 33.9 Å². The van der Waals surface area contributed by atoms with Gasteiger partial charge < -0.3 is 34.8 Å². The Morgan fingerprint density at radius 1 is 1.12 bits per heavy atom. The van der Waals surface area contributed by atoms with Gasteiger partial charge in [0, 0.05) is 44.9 Å². The highest BCUT2D eigenvalue weighted by Crippen LogP contribution is 2.50. The molecule has 10 heteroatoms. The number of aromatic carboxylic acids is 1. The fourth-order valence-corrected chi connectivity index (χ4v) is 4.36. The lowest BCUT2D eigenvalue weighted by Gasteiger charge is -2.28. The first-order chi connectivity index (χ1) is 16.2. The Bertz CT molecular complexity index is 1150. The third kappa shape index (κ3) is 4.15. The van der Waals surface area contributed by atoms with Gasteiger partial charge in [-0.2, -0.15) is 0 Å². The Labute approximate surface area is 196 Å². The minimum atomic E-state index is -1.36. The zero-order valence-electron chi connectivity index (χ0n) is 19.4. The van der Waals surface area contributed by atoms with Gasteiger partial charge in [-0.05, 0) is 32.4 Å². The summed E-state index contributed by atoms with van der Waals surface area (Å²) >= 11 is 0. The summed E-state index contributed by atoms with van der Waals surface area (Å²) in [5.41, 5.74) is 0.719.